The number of amides is 2. The molecule has 3 rings (SSSR count). The number of carbonyl (C=O) groups excluding carboxylic acids is 1. The van der Waals surface area contributed by atoms with E-state index in [1.54, 1.807) is 12.4 Å². The molecule has 0 saturated heterocycles. The van der Waals surface area contributed by atoms with Gasteiger partial charge in [-0.2, -0.15) is 0 Å². The third kappa shape index (κ3) is 6.17. The molecular weight excluding hydrogens is 402 g/mol. The lowest BCUT2D eigenvalue weighted by Gasteiger charge is -2.35. The molecule has 0 bridgehead atoms. The van der Waals surface area contributed by atoms with Crippen LogP contribution < -0.4 is 5.32 Å². The molecule has 2 amide bonds. The van der Waals surface area contributed by atoms with Crippen LogP contribution in [-0.2, 0) is 11.2 Å². The van der Waals surface area contributed by atoms with E-state index in [0.29, 0.717) is 12.1 Å². The number of pyridine rings is 1. The van der Waals surface area contributed by atoms with Gasteiger partial charge in [-0.25, -0.2) is 4.79 Å². The molecule has 0 aliphatic heterocycles. The lowest BCUT2D eigenvalue weighted by atomic mass is 9.95. The van der Waals surface area contributed by atoms with Crippen LogP contribution >= 0.6 is 0 Å². The molecule has 1 heterocycles. The van der Waals surface area contributed by atoms with Gasteiger partial charge in [0.15, 0.2) is 0 Å². The van der Waals surface area contributed by atoms with E-state index in [-0.39, 0.29) is 12.5 Å². The largest absolute Gasteiger partial charge is 0.465 e. The van der Waals surface area contributed by atoms with Crippen molar-refractivity contribution < 1.29 is 14.7 Å². The zero-order chi connectivity index (χ0) is 23.1. The van der Waals surface area contributed by atoms with Crippen molar-refractivity contribution in [2.45, 2.75) is 32.7 Å². The molecule has 3 aromatic rings. The maximum absolute atomic E-state index is 13.2. The first kappa shape index (κ1) is 23.0. The van der Waals surface area contributed by atoms with E-state index >= 15 is 0 Å². The summed E-state index contributed by atoms with van der Waals surface area (Å²) in [5.41, 5.74) is 3.11. The highest BCUT2D eigenvalue weighted by Gasteiger charge is 2.31. The number of hydrogen-bond acceptors (Lipinski definition) is 3. The Morgan fingerprint density at radius 1 is 0.938 bits per heavy atom. The number of anilines is 1. The van der Waals surface area contributed by atoms with Crippen molar-refractivity contribution >= 4 is 17.7 Å². The quantitative estimate of drug-likeness (QED) is 0.530. The second-order valence-electron chi connectivity index (χ2n) is 8.75. The zero-order valence-electron chi connectivity index (χ0n) is 18.7. The molecule has 1 atom stereocenters. The average molecular weight is 432 g/mol. The van der Waals surface area contributed by atoms with E-state index in [9.17, 15) is 14.7 Å². The lowest BCUT2D eigenvalue weighted by Crippen LogP contribution is -2.49. The number of benzene rings is 2. The SMILES string of the molecule is CC(C)(C)N(C[C@H](Cc1ccccc1)C(=O)Nc1ccc(-c2ccncc2)cc1)C(=O)O. The number of rotatable bonds is 7. The first-order valence-electron chi connectivity index (χ1n) is 10.6. The second-order valence-corrected chi connectivity index (χ2v) is 8.75. The Kier molecular flexibility index (Phi) is 7.25. The van der Waals surface area contributed by atoms with Crippen molar-refractivity contribution in [1.82, 2.24) is 9.88 Å². The monoisotopic (exact) mass is 431 g/mol. The maximum Gasteiger partial charge on any atom is 0.407 e. The van der Waals surface area contributed by atoms with Gasteiger partial charge in [-0.3, -0.25) is 9.78 Å². The molecule has 32 heavy (non-hydrogen) atoms. The normalized spacial score (nSPS) is 12.1. The Morgan fingerprint density at radius 3 is 2.09 bits per heavy atom. The molecule has 2 aromatic carbocycles. The summed E-state index contributed by atoms with van der Waals surface area (Å²) in [5.74, 6) is -0.742. The fourth-order valence-corrected chi connectivity index (χ4v) is 3.53. The molecule has 1 aromatic heterocycles. The summed E-state index contributed by atoms with van der Waals surface area (Å²) in [6, 6.07) is 21.1. The Bertz CT molecular complexity index is 1030. The second kappa shape index (κ2) is 10.1. The first-order valence-corrected chi connectivity index (χ1v) is 10.6. The number of carbonyl (C=O) groups is 2. The minimum Gasteiger partial charge on any atom is -0.465 e. The third-order valence-electron chi connectivity index (χ3n) is 5.31. The van der Waals surface area contributed by atoms with Gasteiger partial charge in [0.25, 0.3) is 0 Å². The Hall–Kier alpha value is -3.67. The van der Waals surface area contributed by atoms with E-state index in [1.807, 2.05) is 87.5 Å². The average Bonchev–Trinajstić information content (AvgIpc) is 2.77. The maximum atomic E-state index is 13.2. The lowest BCUT2D eigenvalue weighted by molar-refractivity contribution is -0.120. The number of carboxylic acid groups (broad SMARTS) is 1. The van der Waals surface area contributed by atoms with Crippen LogP contribution in [0.3, 0.4) is 0 Å². The first-order chi connectivity index (χ1) is 15.2. The fraction of sp³-hybridized carbons (Fsp3) is 0.269. The van der Waals surface area contributed by atoms with Gasteiger partial charge in [0.05, 0.1) is 5.92 Å². The van der Waals surface area contributed by atoms with Crippen molar-refractivity contribution in [2.75, 3.05) is 11.9 Å². The van der Waals surface area contributed by atoms with Crippen molar-refractivity contribution in [3.63, 3.8) is 0 Å². The highest BCUT2D eigenvalue weighted by atomic mass is 16.4. The molecule has 6 nitrogen and oxygen atoms in total. The van der Waals surface area contributed by atoms with Gasteiger partial charge >= 0.3 is 6.09 Å². The van der Waals surface area contributed by atoms with Gasteiger partial charge in [-0.15, -0.1) is 0 Å². The van der Waals surface area contributed by atoms with E-state index in [0.717, 1.165) is 16.7 Å². The van der Waals surface area contributed by atoms with Crippen molar-refractivity contribution in [1.29, 1.82) is 0 Å². The summed E-state index contributed by atoms with van der Waals surface area (Å²) in [6.45, 7) is 5.60. The Balaban J connectivity index is 1.79. The number of nitrogens with one attached hydrogen (secondary N) is 1. The van der Waals surface area contributed by atoms with Crippen LogP contribution in [0.25, 0.3) is 11.1 Å². The molecule has 0 fully saturated rings. The van der Waals surface area contributed by atoms with Gasteiger partial charge in [0, 0.05) is 30.2 Å². The number of nitrogens with zero attached hydrogens (tertiary/aromatic N) is 2. The van der Waals surface area contributed by atoms with E-state index in [1.165, 1.54) is 4.90 Å². The van der Waals surface area contributed by atoms with E-state index in [2.05, 4.69) is 10.3 Å². The zero-order valence-corrected chi connectivity index (χ0v) is 18.7. The van der Waals surface area contributed by atoms with Crippen LogP contribution in [0.15, 0.2) is 79.1 Å². The summed E-state index contributed by atoms with van der Waals surface area (Å²) in [6.07, 6.45) is 2.89. The molecule has 0 spiro atoms. The summed E-state index contributed by atoms with van der Waals surface area (Å²) >= 11 is 0. The Morgan fingerprint density at radius 2 is 1.53 bits per heavy atom. The van der Waals surface area contributed by atoms with Gasteiger partial charge < -0.3 is 15.3 Å². The molecule has 0 radical (unpaired) electrons. The highest BCUT2D eigenvalue weighted by molar-refractivity contribution is 5.93. The minimum absolute atomic E-state index is 0.106. The van der Waals surface area contributed by atoms with Crippen LogP contribution in [0.2, 0.25) is 0 Å². The number of aromatic nitrogens is 1. The molecule has 6 heteroatoms. The van der Waals surface area contributed by atoms with E-state index < -0.39 is 17.6 Å². The van der Waals surface area contributed by atoms with Gasteiger partial charge in [-0.1, -0.05) is 42.5 Å². The smallest absolute Gasteiger partial charge is 0.407 e. The van der Waals surface area contributed by atoms with Gasteiger partial charge in [-0.05, 0) is 68.1 Å². The number of hydrogen-bond donors (Lipinski definition) is 2. The molecule has 0 unspecified atom stereocenters. The predicted molar refractivity (Wildman–Crippen MR) is 126 cm³/mol. The summed E-state index contributed by atoms with van der Waals surface area (Å²) in [7, 11) is 0. The third-order valence-corrected chi connectivity index (χ3v) is 5.31. The molecule has 2 N–H and O–H groups in total. The van der Waals surface area contributed by atoms with Gasteiger partial charge in [0.1, 0.15) is 0 Å². The van der Waals surface area contributed by atoms with E-state index in [4.69, 9.17) is 0 Å². The molecule has 0 saturated carbocycles. The summed E-state index contributed by atoms with van der Waals surface area (Å²) in [4.78, 5) is 30.5. The molecule has 0 aliphatic carbocycles. The molecular formula is C26H29N3O3. The Labute approximate surface area is 188 Å². The van der Waals surface area contributed by atoms with Crippen LogP contribution in [-0.4, -0.2) is 39.1 Å². The fourth-order valence-electron chi connectivity index (χ4n) is 3.53. The van der Waals surface area contributed by atoms with Crippen LogP contribution in [0.4, 0.5) is 10.5 Å². The summed E-state index contributed by atoms with van der Waals surface area (Å²) in [5, 5.41) is 12.7. The minimum atomic E-state index is -1.04. The van der Waals surface area contributed by atoms with Crippen molar-refractivity contribution in [3.8, 4) is 11.1 Å². The summed E-state index contributed by atoms with van der Waals surface area (Å²) < 4.78 is 0. The molecule has 166 valence electrons. The highest BCUT2D eigenvalue weighted by Crippen LogP contribution is 2.23. The van der Waals surface area contributed by atoms with Crippen LogP contribution in [0.1, 0.15) is 26.3 Å². The predicted octanol–water partition coefficient (Wildman–Crippen LogP) is 5.32. The topological polar surface area (TPSA) is 82.5 Å². The van der Waals surface area contributed by atoms with Crippen molar-refractivity contribution in [2.24, 2.45) is 5.92 Å². The standard InChI is InChI=1S/C26H29N3O3/c1-26(2,3)29(25(31)32)18-22(17-19-7-5-4-6-8-19)24(30)28-23-11-9-20(10-12-23)21-13-15-27-16-14-21/h4-16,22H,17-18H2,1-3H3,(H,28,30)(H,31,32)/t22-/m0/s1. The van der Waals surface area contributed by atoms with Crippen LogP contribution in [0, 0.1) is 5.92 Å². The van der Waals surface area contributed by atoms with Crippen molar-refractivity contribution in [3.05, 3.63) is 84.7 Å². The van der Waals surface area contributed by atoms with Crippen LogP contribution in [0.5, 0.6) is 0 Å². The molecule has 0 aliphatic rings. The van der Waals surface area contributed by atoms with Gasteiger partial charge in [0.2, 0.25) is 5.91 Å².